The first-order valence-corrected chi connectivity index (χ1v) is 7.52. The maximum Gasteiger partial charge on any atom is 0.201 e. The number of nitrogens with one attached hydrogen (secondary N) is 2. The molecule has 2 aliphatic heterocycles. The second-order valence-electron chi connectivity index (χ2n) is 5.46. The molecule has 3 aliphatic rings. The van der Waals surface area contributed by atoms with Gasteiger partial charge in [0.1, 0.15) is 0 Å². The van der Waals surface area contributed by atoms with E-state index >= 15 is 0 Å². The highest BCUT2D eigenvalue weighted by molar-refractivity contribution is 5.65. The third-order valence-electron chi connectivity index (χ3n) is 4.07. The lowest BCUT2D eigenvalue weighted by atomic mass is 10.0. The number of fused-ring (bicyclic) bond motifs is 2. The summed E-state index contributed by atoms with van der Waals surface area (Å²) in [4.78, 5) is 2.35. The molecule has 2 heterocycles. The molecule has 0 amide bonds. The Bertz CT molecular complexity index is 639. The van der Waals surface area contributed by atoms with Gasteiger partial charge in [0.05, 0.1) is 5.69 Å². The molecule has 1 aromatic carbocycles. The van der Waals surface area contributed by atoms with Crippen LogP contribution in [0.4, 0.5) is 5.69 Å². The summed E-state index contributed by atoms with van der Waals surface area (Å²) in [6, 6.07) is 8.13. The highest BCUT2D eigenvalue weighted by Gasteiger charge is 2.26. The van der Waals surface area contributed by atoms with Crippen molar-refractivity contribution in [1.82, 2.24) is 10.2 Å². The van der Waals surface area contributed by atoms with E-state index in [1.165, 1.54) is 5.57 Å². The van der Waals surface area contributed by atoms with E-state index in [1.54, 1.807) is 0 Å². The van der Waals surface area contributed by atoms with Crippen LogP contribution in [0.25, 0.3) is 0 Å². The van der Waals surface area contributed by atoms with Gasteiger partial charge < -0.3 is 20.3 Å². The molecular formula is C17H19N3O. The number of anilines is 1. The lowest BCUT2D eigenvalue weighted by Gasteiger charge is -2.32. The second-order valence-corrected chi connectivity index (χ2v) is 5.46. The van der Waals surface area contributed by atoms with Gasteiger partial charge in [-0.05, 0) is 24.6 Å². The molecule has 21 heavy (non-hydrogen) atoms. The molecule has 0 atom stereocenters. The molecular weight excluding hydrogens is 262 g/mol. The van der Waals surface area contributed by atoms with E-state index in [-0.39, 0.29) is 0 Å². The summed E-state index contributed by atoms with van der Waals surface area (Å²) in [6.07, 6.45) is 7.33. The molecule has 1 aliphatic carbocycles. The van der Waals surface area contributed by atoms with Crippen LogP contribution < -0.4 is 15.4 Å². The van der Waals surface area contributed by atoms with Crippen LogP contribution in [-0.4, -0.2) is 31.1 Å². The fraction of sp³-hybridized carbons (Fsp3) is 0.294. The van der Waals surface area contributed by atoms with Gasteiger partial charge in [-0.25, -0.2) is 0 Å². The van der Waals surface area contributed by atoms with E-state index in [0.29, 0.717) is 0 Å². The average molecular weight is 281 g/mol. The molecule has 4 rings (SSSR count). The summed E-state index contributed by atoms with van der Waals surface area (Å²) in [5.74, 6) is 1.90. The molecule has 1 saturated heterocycles. The van der Waals surface area contributed by atoms with Crippen molar-refractivity contribution in [2.24, 2.45) is 0 Å². The summed E-state index contributed by atoms with van der Waals surface area (Å²) >= 11 is 0. The molecule has 0 saturated carbocycles. The zero-order valence-electron chi connectivity index (χ0n) is 11.9. The number of benzene rings is 1. The lowest BCUT2D eigenvalue weighted by Crippen LogP contribution is -2.44. The largest absolute Gasteiger partial charge is 0.439 e. The fourth-order valence-corrected chi connectivity index (χ4v) is 2.97. The van der Waals surface area contributed by atoms with Crippen LogP contribution in [0.2, 0.25) is 0 Å². The van der Waals surface area contributed by atoms with E-state index in [4.69, 9.17) is 4.74 Å². The van der Waals surface area contributed by atoms with Gasteiger partial charge >= 0.3 is 0 Å². The number of allylic oxidation sites excluding steroid dienone is 4. The Morgan fingerprint density at radius 2 is 1.95 bits per heavy atom. The van der Waals surface area contributed by atoms with E-state index in [0.717, 1.165) is 55.6 Å². The van der Waals surface area contributed by atoms with Crippen LogP contribution in [0.1, 0.15) is 6.42 Å². The maximum absolute atomic E-state index is 6.31. The van der Waals surface area contributed by atoms with Crippen molar-refractivity contribution >= 4 is 5.69 Å². The molecule has 0 radical (unpaired) electrons. The molecule has 4 nitrogen and oxygen atoms in total. The first-order chi connectivity index (χ1) is 10.4. The normalized spacial score (nSPS) is 20.8. The Hall–Kier alpha value is -2.20. The van der Waals surface area contributed by atoms with Gasteiger partial charge in [-0.1, -0.05) is 24.3 Å². The maximum atomic E-state index is 6.31. The summed E-state index contributed by atoms with van der Waals surface area (Å²) < 4.78 is 6.31. The Labute approximate surface area is 124 Å². The molecule has 4 heteroatoms. The second kappa shape index (κ2) is 5.30. The Kier molecular flexibility index (Phi) is 3.16. The van der Waals surface area contributed by atoms with Crippen LogP contribution >= 0.6 is 0 Å². The van der Waals surface area contributed by atoms with Gasteiger partial charge in [-0.2, -0.15) is 0 Å². The molecule has 0 spiro atoms. The monoisotopic (exact) mass is 281 g/mol. The number of piperazine rings is 1. The van der Waals surface area contributed by atoms with Gasteiger partial charge in [0, 0.05) is 37.4 Å². The lowest BCUT2D eigenvalue weighted by molar-refractivity contribution is 0.193. The third kappa shape index (κ3) is 2.32. The van der Waals surface area contributed by atoms with Crippen LogP contribution in [-0.2, 0) is 0 Å². The van der Waals surface area contributed by atoms with Crippen molar-refractivity contribution in [3.05, 3.63) is 59.6 Å². The molecule has 0 unspecified atom stereocenters. The van der Waals surface area contributed by atoms with E-state index in [2.05, 4.69) is 39.8 Å². The highest BCUT2D eigenvalue weighted by Crippen LogP contribution is 2.36. The van der Waals surface area contributed by atoms with Crippen molar-refractivity contribution in [3.63, 3.8) is 0 Å². The summed E-state index contributed by atoms with van der Waals surface area (Å²) in [7, 11) is 0. The molecule has 108 valence electrons. The zero-order valence-corrected chi connectivity index (χ0v) is 11.9. The summed E-state index contributed by atoms with van der Waals surface area (Å²) in [5.41, 5.74) is 3.42. The van der Waals surface area contributed by atoms with Crippen LogP contribution in [0.15, 0.2) is 59.6 Å². The Balaban J connectivity index is 1.79. The van der Waals surface area contributed by atoms with Crippen LogP contribution in [0.3, 0.4) is 0 Å². The molecule has 0 bridgehead atoms. The van der Waals surface area contributed by atoms with Crippen molar-refractivity contribution in [3.8, 4) is 5.75 Å². The number of ether oxygens (including phenoxy) is 1. The average Bonchev–Trinajstić information content (AvgIpc) is 2.72. The van der Waals surface area contributed by atoms with Gasteiger partial charge in [0.25, 0.3) is 0 Å². The topological polar surface area (TPSA) is 36.5 Å². The third-order valence-corrected chi connectivity index (χ3v) is 4.07. The van der Waals surface area contributed by atoms with Crippen LogP contribution in [0, 0.1) is 0 Å². The minimum atomic E-state index is 0.897. The smallest absolute Gasteiger partial charge is 0.201 e. The number of hydrogen-bond acceptors (Lipinski definition) is 4. The highest BCUT2D eigenvalue weighted by atomic mass is 16.5. The first kappa shape index (κ1) is 12.5. The van der Waals surface area contributed by atoms with Gasteiger partial charge in [0.15, 0.2) is 5.75 Å². The number of hydrogen-bond donors (Lipinski definition) is 2. The van der Waals surface area contributed by atoms with Crippen molar-refractivity contribution < 1.29 is 4.74 Å². The first-order valence-electron chi connectivity index (χ1n) is 7.52. The van der Waals surface area contributed by atoms with Crippen molar-refractivity contribution in [2.75, 3.05) is 31.5 Å². The van der Waals surface area contributed by atoms with E-state index in [1.807, 2.05) is 18.2 Å². The van der Waals surface area contributed by atoms with Gasteiger partial charge in [0.2, 0.25) is 5.88 Å². The van der Waals surface area contributed by atoms with Gasteiger partial charge in [-0.15, -0.1) is 0 Å². The number of nitrogens with zero attached hydrogens (tertiary/aromatic N) is 1. The van der Waals surface area contributed by atoms with Crippen LogP contribution in [0.5, 0.6) is 5.75 Å². The molecule has 0 aromatic heterocycles. The van der Waals surface area contributed by atoms with Crippen molar-refractivity contribution in [2.45, 2.75) is 6.42 Å². The SMILES string of the molecule is C1=CCC2=C(N3CCNCC3)Oc3ccccc3NC2=C1. The van der Waals surface area contributed by atoms with E-state index < -0.39 is 0 Å². The minimum Gasteiger partial charge on any atom is -0.439 e. The predicted molar refractivity (Wildman–Crippen MR) is 84.0 cm³/mol. The zero-order chi connectivity index (χ0) is 14.1. The van der Waals surface area contributed by atoms with Crippen molar-refractivity contribution in [1.29, 1.82) is 0 Å². The minimum absolute atomic E-state index is 0.897. The molecule has 1 fully saturated rings. The Morgan fingerprint density at radius 3 is 2.86 bits per heavy atom. The van der Waals surface area contributed by atoms with Gasteiger partial charge in [-0.3, -0.25) is 0 Å². The fourth-order valence-electron chi connectivity index (χ4n) is 2.97. The predicted octanol–water partition coefficient (Wildman–Crippen LogP) is 2.45. The quantitative estimate of drug-likeness (QED) is 0.829. The summed E-state index contributed by atoms with van der Waals surface area (Å²) in [5, 5.41) is 6.91. The summed E-state index contributed by atoms with van der Waals surface area (Å²) in [6.45, 7) is 3.98. The molecule has 2 N–H and O–H groups in total. The molecule has 1 aromatic rings. The van der Waals surface area contributed by atoms with E-state index in [9.17, 15) is 0 Å². The standard InChI is InChI=1S/C17H19N3O/c1-2-6-14-13(5-1)17(20-11-9-18-10-12-20)21-16-8-4-3-7-15(16)19-14/h1-4,6-8,18-19H,5,9-12H2. The number of para-hydroxylation sites is 2. The number of rotatable bonds is 1. The Morgan fingerprint density at radius 1 is 1.10 bits per heavy atom.